The lowest BCUT2D eigenvalue weighted by atomic mass is 9.97. The summed E-state index contributed by atoms with van der Waals surface area (Å²) in [7, 11) is 1.24. The molecule has 136 valence electrons. The Bertz CT molecular complexity index is 544. The Kier molecular flexibility index (Phi) is 7.10. The van der Waals surface area contributed by atoms with Crippen molar-refractivity contribution in [3.63, 3.8) is 0 Å². The standard InChI is InChI=1S/C13H22N4O7/c1-5(19)16-9-6(17-13(14)15)3-8(12(21)22)24-11(9)10(23-2)7(20)4-18/h7-8,10-11,18,20H,3-4H2,1-2H3,(H,16,19)(H,21,22)(H4,14,15,17)/t7?,8-,10?,11?/m0/s1. The van der Waals surface area contributed by atoms with E-state index in [9.17, 15) is 19.8 Å². The molecule has 3 unspecified atom stereocenters. The van der Waals surface area contributed by atoms with Gasteiger partial charge in [0.1, 0.15) is 18.3 Å². The number of guanidine groups is 1. The van der Waals surface area contributed by atoms with E-state index in [2.05, 4.69) is 10.3 Å². The molecule has 11 heteroatoms. The number of aliphatic carboxylic acids is 1. The lowest BCUT2D eigenvalue weighted by Gasteiger charge is -2.36. The molecule has 11 nitrogen and oxygen atoms in total. The molecule has 1 rings (SSSR count). The molecule has 0 saturated heterocycles. The predicted molar refractivity (Wildman–Crippen MR) is 81.5 cm³/mol. The smallest absolute Gasteiger partial charge is 0.333 e. The average molecular weight is 346 g/mol. The van der Waals surface area contributed by atoms with E-state index in [1.54, 1.807) is 0 Å². The third-order valence-electron chi connectivity index (χ3n) is 3.27. The Morgan fingerprint density at radius 1 is 1.50 bits per heavy atom. The summed E-state index contributed by atoms with van der Waals surface area (Å²) in [5.41, 5.74) is 10.8. The van der Waals surface area contributed by atoms with Crippen LogP contribution >= 0.6 is 0 Å². The predicted octanol–water partition coefficient (Wildman–Crippen LogP) is -2.78. The zero-order chi connectivity index (χ0) is 18.4. The van der Waals surface area contributed by atoms with Gasteiger partial charge in [-0.25, -0.2) is 9.79 Å². The molecule has 0 spiro atoms. The van der Waals surface area contributed by atoms with Crippen LogP contribution < -0.4 is 16.8 Å². The number of aliphatic hydroxyl groups is 2. The third kappa shape index (κ3) is 4.89. The molecule has 0 aromatic heterocycles. The lowest BCUT2D eigenvalue weighted by molar-refractivity contribution is -0.167. The number of hydrogen-bond donors (Lipinski definition) is 6. The van der Waals surface area contributed by atoms with Gasteiger partial charge >= 0.3 is 5.97 Å². The Morgan fingerprint density at radius 3 is 2.54 bits per heavy atom. The zero-order valence-corrected chi connectivity index (χ0v) is 13.3. The SMILES string of the molecule is COC(C(O)CO)C1O[C@H](C(=O)O)CC(N=C(N)N)=C1NC(C)=O. The maximum atomic E-state index is 11.5. The fourth-order valence-electron chi connectivity index (χ4n) is 2.31. The minimum Gasteiger partial charge on any atom is -0.479 e. The monoisotopic (exact) mass is 346 g/mol. The number of aliphatic imine (C=N–C) groups is 1. The number of hydrogen-bond acceptors (Lipinski definition) is 7. The summed E-state index contributed by atoms with van der Waals surface area (Å²) in [5, 5.41) is 30.7. The minimum atomic E-state index is -1.39. The molecule has 0 aromatic carbocycles. The van der Waals surface area contributed by atoms with Crippen LogP contribution in [0.2, 0.25) is 0 Å². The second kappa shape index (κ2) is 8.59. The van der Waals surface area contributed by atoms with Gasteiger partial charge in [0, 0.05) is 20.5 Å². The number of amides is 1. The van der Waals surface area contributed by atoms with E-state index < -0.39 is 42.9 Å². The molecule has 0 bridgehead atoms. The molecule has 1 aliphatic heterocycles. The molecule has 1 amide bonds. The number of nitrogens with two attached hydrogens (primary N) is 2. The summed E-state index contributed by atoms with van der Waals surface area (Å²) in [6.45, 7) is 0.561. The highest BCUT2D eigenvalue weighted by Crippen LogP contribution is 2.29. The van der Waals surface area contributed by atoms with E-state index in [1.165, 1.54) is 14.0 Å². The summed E-state index contributed by atoms with van der Waals surface area (Å²) in [5.74, 6) is -2.10. The van der Waals surface area contributed by atoms with E-state index in [-0.39, 0.29) is 23.8 Å². The number of carbonyl (C=O) groups excluding carboxylic acids is 1. The molecule has 24 heavy (non-hydrogen) atoms. The number of rotatable bonds is 7. The van der Waals surface area contributed by atoms with E-state index >= 15 is 0 Å². The van der Waals surface area contributed by atoms with Crippen LogP contribution in [-0.2, 0) is 19.1 Å². The fraction of sp³-hybridized carbons (Fsp3) is 0.615. The summed E-state index contributed by atoms with van der Waals surface area (Å²) in [6, 6.07) is 0. The number of ether oxygens (including phenoxy) is 2. The summed E-state index contributed by atoms with van der Waals surface area (Å²) >= 11 is 0. The van der Waals surface area contributed by atoms with Gasteiger partial charge in [-0.3, -0.25) is 4.79 Å². The first-order valence-electron chi connectivity index (χ1n) is 7.01. The molecule has 0 aromatic rings. The van der Waals surface area contributed by atoms with Crippen LogP contribution in [0.1, 0.15) is 13.3 Å². The van der Waals surface area contributed by atoms with Gasteiger partial charge in [0.25, 0.3) is 0 Å². The van der Waals surface area contributed by atoms with Crippen molar-refractivity contribution >= 4 is 17.8 Å². The van der Waals surface area contributed by atoms with E-state index in [4.69, 9.17) is 26.0 Å². The van der Waals surface area contributed by atoms with Gasteiger partial charge in [-0.1, -0.05) is 0 Å². The van der Waals surface area contributed by atoms with Crippen molar-refractivity contribution < 1.29 is 34.4 Å². The largest absolute Gasteiger partial charge is 0.479 e. The molecule has 0 saturated carbocycles. The minimum absolute atomic E-state index is 0.0627. The molecule has 0 aliphatic carbocycles. The zero-order valence-electron chi connectivity index (χ0n) is 13.3. The van der Waals surface area contributed by atoms with Crippen molar-refractivity contribution in [2.75, 3.05) is 13.7 Å². The summed E-state index contributed by atoms with van der Waals surface area (Å²) < 4.78 is 10.5. The topological polar surface area (TPSA) is 190 Å². The van der Waals surface area contributed by atoms with Crippen LogP contribution in [0.5, 0.6) is 0 Å². The first-order chi connectivity index (χ1) is 11.2. The van der Waals surface area contributed by atoms with Gasteiger partial charge in [-0.15, -0.1) is 0 Å². The highest BCUT2D eigenvalue weighted by atomic mass is 16.6. The highest BCUT2D eigenvalue weighted by molar-refractivity contribution is 5.79. The molecule has 0 fully saturated rings. The number of carbonyl (C=O) groups is 2. The van der Waals surface area contributed by atoms with Crippen LogP contribution in [0.4, 0.5) is 0 Å². The number of methoxy groups -OCH3 is 1. The van der Waals surface area contributed by atoms with Crippen LogP contribution in [0.3, 0.4) is 0 Å². The normalized spacial score (nSPS) is 23.3. The third-order valence-corrected chi connectivity index (χ3v) is 3.27. The number of carboxylic acids is 1. The number of aliphatic hydroxyl groups excluding tert-OH is 2. The molecule has 0 radical (unpaired) electrons. The Balaban J connectivity index is 3.43. The second-order valence-electron chi connectivity index (χ2n) is 5.12. The van der Waals surface area contributed by atoms with Crippen molar-refractivity contribution in [2.24, 2.45) is 16.5 Å². The van der Waals surface area contributed by atoms with Crippen LogP contribution in [0.25, 0.3) is 0 Å². The Hall–Kier alpha value is -2.21. The van der Waals surface area contributed by atoms with E-state index in [0.29, 0.717) is 0 Å². The van der Waals surface area contributed by atoms with Crippen molar-refractivity contribution in [1.29, 1.82) is 0 Å². The molecule has 1 aliphatic rings. The van der Waals surface area contributed by atoms with Crippen molar-refractivity contribution in [3.05, 3.63) is 11.4 Å². The average Bonchev–Trinajstić information content (AvgIpc) is 2.49. The van der Waals surface area contributed by atoms with Crippen LogP contribution in [-0.4, -0.2) is 71.3 Å². The molecule has 8 N–H and O–H groups in total. The second-order valence-corrected chi connectivity index (χ2v) is 5.12. The Morgan fingerprint density at radius 2 is 2.12 bits per heavy atom. The molecular weight excluding hydrogens is 324 g/mol. The quantitative estimate of drug-likeness (QED) is 0.209. The maximum absolute atomic E-state index is 11.5. The highest BCUT2D eigenvalue weighted by Gasteiger charge is 2.41. The van der Waals surface area contributed by atoms with Gasteiger partial charge in [0.05, 0.1) is 18.0 Å². The first-order valence-corrected chi connectivity index (χ1v) is 7.01. The van der Waals surface area contributed by atoms with Crippen molar-refractivity contribution in [2.45, 2.75) is 37.8 Å². The number of nitrogens with one attached hydrogen (secondary N) is 1. The van der Waals surface area contributed by atoms with Crippen LogP contribution in [0, 0.1) is 0 Å². The first kappa shape index (κ1) is 19.8. The molecule has 4 atom stereocenters. The van der Waals surface area contributed by atoms with Gasteiger partial charge in [0.15, 0.2) is 12.1 Å². The van der Waals surface area contributed by atoms with E-state index in [1.807, 2.05) is 0 Å². The summed E-state index contributed by atoms with van der Waals surface area (Å²) in [4.78, 5) is 26.6. The van der Waals surface area contributed by atoms with Crippen LogP contribution in [0.15, 0.2) is 16.4 Å². The summed E-state index contributed by atoms with van der Waals surface area (Å²) in [6.07, 6.45) is -5.30. The Labute approximate surface area is 137 Å². The van der Waals surface area contributed by atoms with Crippen molar-refractivity contribution in [1.82, 2.24) is 5.32 Å². The van der Waals surface area contributed by atoms with Gasteiger partial charge in [0.2, 0.25) is 5.91 Å². The maximum Gasteiger partial charge on any atom is 0.333 e. The molecule has 1 heterocycles. The van der Waals surface area contributed by atoms with E-state index in [0.717, 1.165) is 0 Å². The van der Waals surface area contributed by atoms with Crippen molar-refractivity contribution in [3.8, 4) is 0 Å². The van der Waals surface area contributed by atoms with Gasteiger partial charge in [-0.2, -0.15) is 0 Å². The number of nitrogens with zero attached hydrogens (tertiary/aromatic N) is 1. The van der Waals surface area contributed by atoms with Gasteiger partial charge < -0.3 is 41.6 Å². The lowest BCUT2D eigenvalue weighted by Crippen LogP contribution is -2.51. The fourth-order valence-corrected chi connectivity index (χ4v) is 2.31. The number of carboxylic acid groups (broad SMARTS) is 1. The molecular formula is C13H22N4O7. The van der Waals surface area contributed by atoms with Gasteiger partial charge in [-0.05, 0) is 0 Å².